The Morgan fingerprint density at radius 3 is 1.62 bits per heavy atom. The Balaban J connectivity index is 0.908. The lowest BCUT2D eigenvalue weighted by Crippen LogP contribution is -2.00. The van der Waals surface area contributed by atoms with E-state index in [0.717, 1.165) is 87.8 Å². The van der Waals surface area contributed by atoms with E-state index in [1.165, 1.54) is 15.5 Å². The first-order chi connectivity index (χ1) is 31.2. The molecule has 5 heterocycles. The van der Waals surface area contributed by atoms with Gasteiger partial charge < -0.3 is 8.98 Å². The van der Waals surface area contributed by atoms with Crippen molar-refractivity contribution in [3.8, 4) is 62.5 Å². The highest BCUT2D eigenvalue weighted by Crippen LogP contribution is 2.41. The van der Waals surface area contributed by atoms with Gasteiger partial charge in [-0.15, -0.1) is 11.3 Å². The first-order valence-corrected chi connectivity index (χ1v) is 21.6. The van der Waals surface area contributed by atoms with Crippen molar-refractivity contribution in [3.05, 3.63) is 194 Å². The summed E-state index contributed by atoms with van der Waals surface area (Å²) in [4.78, 5) is 25.6. The smallest absolute Gasteiger partial charge is 0.164 e. The summed E-state index contributed by atoms with van der Waals surface area (Å²) >= 11 is 1.73. The molecule has 0 aliphatic heterocycles. The normalized spacial score (nSPS) is 11.8. The fraction of sp³-hybridized carbons (Fsp3) is 0. The summed E-state index contributed by atoms with van der Waals surface area (Å²) < 4.78 is 11.1. The number of rotatable bonds is 6. The first-order valence-electron chi connectivity index (χ1n) is 20.8. The predicted molar refractivity (Wildman–Crippen MR) is 257 cm³/mol. The molecule has 0 atom stereocenters. The van der Waals surface area contributed by atoms with E-state index in [1.54, 1.807) is 11.3 Å². The van der Waals surface area contributed by atoms with Crippen molar-refractivity contribution in [1.82, 2.24) is 29.5 Å². The number of hydrogen-bond acceptors (Lipinski definition) is 7. The largest absolute Gasteiger partial charge is 0.456 e. The molecule has 0 radical (unpaired) electrons. The Hall–Kier alpha value is -8.33. The molecule has 0 saturated carbocycles. The number of hydrogen-bond donors (Lipinski definition) is 0. The van der Waals surface area contributed by atoms with Gasteiger partial charge in [-0.3, -0.25) is 0 Å². The number of thiophene rings is 1. The quantitative estimate of drug-likeness (QED) is 0.166. The van der Waals surface area contributed by atoms with Gasteiger partial charge in [-0.05, 0) is 72.8 Å². The molecular weight excluding hydrogens is 793 g/mol. The summed E-state index contributed by atoms with van der Waals surface area (Å²) in [6.07, 6.45) is 0. The van der Waals surface area contributed by atoms with E-state index in [-0.39, 0.29) is 0 Å². The fourth-order valence-electron chi connectivity index (χ4n) is 8.88. The van der Waals surface area contributed by atoms with Crippen LogP contribution in [0.3, 0.4) is 0 Å². The molecular formula is C55H32N6OS. The molecule has 63 heavy (non-hydrogen) atoms. The zero-order valence-electron chi connectivity index (χ0n) is 33.5. The molecule has 0 fully saturated rings. The van der Waals surface area contributed by atoms with E-state index in [0.29, 0.717) is 23.3 Å². The average molecular weight is 825 g/mol. The van der Waals surface area contributed by atoms with Crippen molar-refractivity contribution < 1.29 is 4.42 Å². The lowest BCUT2D eigenvalue weighted by molar-refractivity contribution is 0.669. The van der Waals surface area contributed by atoms with Crippen molar-refractivity contribution in [3.63, 3.8) is 0 Å². The Kier molecular flexibility index (Phi) is 7.94. The Bertz CT molecular complexity index is 3860. The minimum absolute atomic E-state index is 0.580. The maximum atomic E-state index is 6.54. The van der Waals surface area contributed by atoms with E-state index in [9.17, 15) is 0 Å². The standard InChI is InChI=1S/C55H32N6OS/c1-3-13-33(14-4-1)49-51-50(42-19-9-12-22-48(42)63-51)57-54(56-49)37-25-29-41-43-31-36(26-30-46(43)62-47(41)32-37)55-59-52(34-15-5-2-6-16-34)58-53(60-55)35-23-27-38(28-24-35)61-44-20-10-7-17-39(44)40-18-8-11-21-45(40)61/h1-32H. The highest BCUT2D eigenvalue weighted by molar-refractivity contribution is 7.26. The second-order valence-electron chi connectivity index (χ2n) is 15.7. The molecule has 13 aromatic rings. The van der Waals surface area contributed by atoms with E-state index in [1.807, 2.05) is 48.5 Å². The zero-order chi connectivity index (χ0) is 41.4. The number of benzene rings is 8. The highest BCUT2D eigenvalue weighted by Gasteiger charge is 2.19. The Labute approximate surface area is 364 Å². The molecule has 8 aromatic carbocycles. The maximum Gasteiger partial charge on any atom is 0.164 e. The van der Waals surface area contributed by atoms with Gasteiger partial charge in [-0.25, -0.2) is 24.9 Å². The minimum Gasteiger partial charge on any atom is -0.456 e. The number of nitrogens with zero attached hydrogens (tertiary/aromatic N) is 6. The van der Waals surface area contributed by atoms with Crippen LogP contribution in [0.1, 0.15) is 0 Å². The summed E-state index contributed by atoms with van der Waals surface area (Å²) in [5, 5.41) is 5.54. The van der Waals surface area contributed by atoms with Gasteiger partial charge in [0, 0.05) is 65.1 Å². The van der Waals surface area contributed by atoms with Crippen molar-refractivity contribution in [2.75, 3.05) is 0 Å². The molecule has 0 N–H and O–H groups in total. The Morgan fingerprint density at radius 1 is 0.365 bits per heavy atom. The van der Waals surface area contributed by atoms with Crippen LogP contribution in [0, 0.1) is 0 Å². The lowest BCUT2D eigenvalue weighted by Gasteiger charge is -2.11. The van der Waals surface area contributed by atoms with Gasteiger partial charge in [0.25, 0.3) is 0 Å². The van der Waals surface area contributed by atoms with Gasteiger partial charge in [-0.2, -0.15) is 0 Å². The van der Waals surface area contributed by atoms with Gasteiger partial charge >= 0.3 is 0 Å². The van der Waals surface area contributed by atoms with Gasteiger partial charge in [0.2, 0.25) is 0 Å². The van der Waals surface area contributed by atoms with Crippen molar-refractivity contribution >= 4 is 75.4 Å². The van der Waals surface area contributed by atoms with Crippen molar-refractivity contribution in [2.45, 2.75) is 0 Å². The van der Waals surface area contributed by atoms with Crippen molar-refractivity contribution in [1.29, 1.82) is 0 Å². The molecule has 0 saturated heterocycles. The van der Waals surface area contributed by atoms with E-state index in [4.69, 9.17) is 29.3 Å². The van der Waals surface area contributed by atoms with Gasteiger partial charge in [0.1, 0.15) is 11.2 Å². The van der Waals surface area contributed by atoms with Crippen LogP contribution in [0.15, 0.2) is 199 Å². The SMILES string of the molecule is c1ccc(-c2nc(-c3ccc(-n4c5ccccc5c5ccccc54)cc3)nc(-c3ccc4oc5cc(-c6nc(-c7ccccc7)c7sc8ccccc8c7n6)ccc5c4c3)n2)cc1. The van der Waals surface area contributed by atoms with Crippen LogP contribution in [-0.4, -0.2) is 29.5 Å². The molecule has 8 heteroatoms. The van der Waals surface area contributed by atoms with E-state index >= 15 is 0 Å². The third kappa shape index (κ3) is 5.84. The molecule has 7 nitrogen and oxygen atoms in total. The summed E-state index contributed by atoms with van der Waals surface area (Å²) in [7, 11) is 0. The monoisotopic (exact) mass is 824 g/mol. The van der Waals surface area contributed by atoms with Crippen LogP contribution in [0.25, 0.3) is 127 Å². The number of aromatic nitrogens is 6. The minimum atomic E-state index is 0.580. The number of fused-ring (bicyclic) bond motifs is 9. The van der Waals surface area contributed by atoms with Gasteiger partial charge in [-0.1, -0.05) is 121 Å². The highest BCUT2D eigenvalue weighted by atomic mass is 32.1. The topological polar surface area (TPSA) is 82.5 Å². The third-order valence-electron chi connectivity index (χ3n) is 11.9. The number of para-hydroxylation sites is 2. The summed E-state index contributed by atoms with van der Waals surface area (Å²) in [5.41, 5.74) is 11.4. The van der Waals surface area contributed by atoms with Gasteiger partial charge in [0.05, 0.1) is 26.9 Å². The van der Waals surface area contributed by atoms with Crippen LogP contribution in [0.5, 0.6) is 0 Å². The molecule has 0 aliphatic carbocycles. The average Bonchev–Trinajstić information content (AvgIpc) is 4.03. The van der Waals surface area contributed by atoms with Crippen LogP contribution in [0.4, 0.5) is 0 Å². The molecule has 0 spiro atoms. The molecule has 13 rings (SSSR count). The first kappa shape index (κ1) is 35.4. The van der Waals surface area contributed by atoms with Crippen LogP contribution >= 0.6 is 11.3 Å². The molecule has 5 aromatic heterocycles. The second-order valence-corrected chi connectivity index (χ2v) is 16.7. The van der Waals surface area contributed by atoms with E-state index < -0.39 is 0 Å². The van der Waals surface area contributed by atoms with Gasteiger partial charge in [0.15, 0.2) is 23.3 Å². The van der Waals surface area contributed by atoms with Crippen molar-refractivity contribution in [2.24, 2.45) is 0 Å². The predicted octanol–water partition coefficient (Wildman–Crippen LogP) is 14.4. The fourth-order valence-corrected chi connectivity index (χ4v) is 10.0. The van der Waals surface area contributed by atoms with Crippen LogP contribution in [0.2, 0.25) is 0 Å². The lowest BCUT2D eigenvalue weighted by atomic mass is 10.1. The molecule has 0 bridgehead atoms. The third-order valence-corrected chi connectivity index (χ3v) is 13.1. The second kappa shape index (κ2) is 14.1. The molecule has 0 aliphatic rings. The number of furan rings is 1. The van der Waals surface area contributed by atoms with Crippen LogP contribution in [-0.2, 0) is 0 Å². The Morgan fingerprint density at radius 2 is 0.905 bits per heavy atom. The summed E-state index contributed by atoms with van der Waals surface area (Å²) in [6, 6.07) is 66.8. The summed E-state index contributed by atoms with van der Waals surface area (Å²) in [6.45, 7) is 0. The zero-order valence-corrected chi connectivity index (χ0v) is 34.3. The summed E-state index contributed by atoms with van der Waals surface area (Å²) in [5.74, 6) is 2.44. The maximum absolute atomic E-state index is 6.54. The molecule has 294 valence electrons. The van der Waals surface area contributed by atoms with E-state index in [2.05, 4.69) is 150 Å². The molecule has 0 amide bonds. The molecule has 0 unspecified atom stereocenters. The van der Waals surface area contributed by atoms with Crippen LogP contribution < -0.4 is 0 Å².